The van der Waals surface area contributed by atoms with Crippen LogP contribution in [0.3, 0.4) is 0 Å². The van der Waals surface area contributed by atoms with Gasteiger partial charge >= 0.3 is 0 Å². The summed E-state index contributed by atoms with van der Waals surface area (Å²) in [6.07, 6.45) is 2.41. The number of carbonyl (C=O) groups excluding carboxylic acids is 1. The molecule has 1 aliphatic heterocycles. The van der Waals surface area contributed by atoms with Crippen molar-refractivity contribution in [3.8, 4) is 0 Å². The van der Waals surface area contributed by atoms with Gasteiger partial charge in [0.05, 0.1) is 0 Å². The first kappa shape index (κ1) is 8.45. The second-order valence-corrected chi connectivity index (χ2v) is 2.65. The Morgan fingerprint density at radius 1 is 1.55 bits per heavy atom. The van der Waals surface area contributed by atoms with Gasteiger partial charge in [0, 0.05) is 6.54 Å². The second-order valence-electron chi connectivity index (χ2n) is 2.65. The molecule has 0 spiro atoms. The summed E-state index contributed by atoms with van der Waals surface area (Å²) in [5.74, 6) is -0.535. The van der Waals surface area contributed by atoms with Gasteiger partial charge in [0.1, 0.15) is 6.04 Å². The van der Waals surface area contributed by atoms with Crippen molar-refractivity contribution in [3.63, 3.8) is 0 Å². The molecule has 1 amide bonds. The van der Waals surface area contributed by atoms with Gasteiger partial charge in [-0.1, -0.05) is 0 Å². The number of amides is 1. The number of rotatable bonds is 1. The van der Waals surface area contributed by atoms with Gasteiger partial charge in [-0.05, 0) is 19.3 Å². The first-order valence-electron chi connectivity index (χ1n) is 3.65. The lowest BCUT2D eigenvalue weighted by Crippen LogP contribution is -2.47. The van der Waals surface area contributed by atoms with Crippen LogP contribution in [-0.2, 0) is 4.79 Å². The fourth-order valence-electron chi connectivity index (χ4n) is 1.26. The number of carbonyl (C=O) groups is 1. The molecule has 64 valence electrons. The zero-order chi connectivity index (χ0) is 8.27. The fraction of sp³-hybridized carbons (Fsp3) is 0.833. The molecule has 0 aliphatic carbocycles. The number of piperidine rings is 1. The molecule has 1 atom stereocenters. The molecule has 5 nitrogen and oxygen atoms in total. The van der Waals surface area contributed by atoms with E-state index in [9.17, 15) is 4.79 Å². The first-order valence-corrected chi connectivity index (χ1v) is 3.65. The van der Waals surface area contributed by atoms with Gasteiger partial charge in [-0.2, -0.15) is 5.06 Å². The van der Waals surface area contributed by atoms with E-state index >= 15 is 0 Å². The minimum absolute atomic E-state index is 0.498. The minimum Gasteiger partial charge on any atom is -0.313 e. The van der Waals surface area contributed by atoms with Gasteiger partial charge in [-0.15, -0.1) is 0 Å². The van der Waals surface area contributed by atoms with E-state index in [-0.39, 0.29) is 0 Å². The maximum Gasteiger partial charge on any atom is 0.263 e. The third-order valence-electron chi connectivity index (χ3n) is 1.89. The van der Waals surface area contributed by atoms with Crippen LogP contribution in [0.1, 0.15) is 19.3 Å². The van der Waals surface area contributed by atoms with Crippen LogP contribution in [0, 0.1) is 0 Å². The first-order chi connectivity index (χ1) is 5.25. The highest BCUT2D eigenvalue weighted by molar-refractivity contribution is 5.80. The monoisotopic (exact) mass is 160 g/mol. The zero-order valence-corrected chi connectivity index (χ0v) is 6.16. The van der Waals surface area contributed by atoms with Crippen molar-refractivity contribution in [2.75, 3.05) is 6.54 Å². The minimum atomic E-state index is -0.575. The predicted molar refractivity (Wildman–Crippen MR) is 36.1 cm³/mol. The molecular weight excluding hydrogens is 148 g/mol. The molecule has 0 aromatic heterocycles. The van der Waals surface area contributed by atoms with Crippen LogP contribution in [0.15, 0.2) is 0 Å². The molecule has 0 radical (unpaired) electrons. The van der Waals surface area contributed by atoms with Crippen molar-refractivity contribution >= 4 is 5.91 Å². The second kappa shape index (κ2) is 3.66. The number of nitrogens with one attached hydrogen (secondary N) is 1. The van der Waals surface area contributed by atoms with Gasteiger partial charge in [0.15, 0.2) is 0 Å². The summed E-state index contributed by atoms with van der Waals surface area (Å²) >= 11 is 0. The van der Waals surface area contributed by atoms with Gasteiger partial charge < -0.3 is 5.21 Å². The van der Waals surface area contributed by atoms with Crippen LogP contribution in [0.5, 0.6) is 0 Å². The molecule has 1 heterocycles. The third-order valence-corrected chi connectivity index (χ3v) is 1.89. The zero-order valence-electron chi connectivity index (χ0n) is 6.16. The van der Waals surface area contributed by atoms with Crippen molar-refractivity contribution in [1.82, 2.24) is 10.5 Å². The van der Waals surface area contributed by atoms with Crippen molar-refractivity contribution in [1.29, 1.82) is 0 Å². The Morgan fingerprint density at radius 2 is 2.27 bits per heavy atom. The van der Waals surface area contributed by atoms with E-state index in [4.69, 9.17) is 10.4 Å². The summed E-state index contributed by atoms with van der Waals surface area (Å²) in [6, 6.07) is -0.575. The van der Waals surface area contributed by atoms with E-state index in [1.165, 1.54) is 5.48 Å². The highest BCUT2D eigenvalue weighted by atomic mass is 16.5. The van der Waals surface area contributed by atoms with Gasteiger partial charge in [0.25, 0.3) is 5.91 Å². The predicted octanol–water partition coefficient (Wildman–Crippen LogP) is -0.265. The molecular formula is C6H12N2O3. The molecule has 1 saturated heterocycles. The van der Waals surface area contributed by atoms with E-state index in [0.717, 1.165) is 17.9 Å². The Labute approximate surface area is 64.5 Å². The van der Waals surface area contributed by atoms with Crippen molar-refractivity contribution < 1.29 is 15.2 Å². The van der Waals surface area contributed by atoms with Crippen LogP contribution in [0.25, 0.3) is 0 Å². The topological polar surface area (TPSA) is 72.8 Å². The van der Waals surface area contributed by atoms with Crippen molar-refractivity contribution in [2.24, 2.45) is 0 Å². The van der Waals surface area contributed by atoms with Crippen LogP contribution in [0.2, 0.25) is 0 Å². The summed E-state index contributed by atoms with van der Waals surface area (Å²) in [5, 5.41) is 18.4. The quantitative estimate of drug-likeness (QED) is 0.365. The van der Waals surface area contributed by atoms with E-state index in [0.29, 0.717) is 13.0 Å². The number of hydrogen-bond donors (Lipinski definition) is 3. The Hall–Kier alpha value is -0.650. The lowest BCUT2D eigenvalue weighted by atomic mass is 10.0. The van der Waals surface area contributed by atoms with E-state index in [1.807, 2.05) is 0 Å². The number of nitrogens with zero attached hydrogens (tertiary/aromatic N) is 1. The smallest absolute Gasteiger partial charge is 0.263 e. The van der Waals surface area contributed by atoms with Gasteiger partial charge in [-0.25, -0.2) is 5.48 Å². The third kappa shape index (κ3) is 1.89. The maximum absolute atomic E-state index is 10.8. The highest BCUT2D eigenvalue weighted by Gasteiger charge is 2.26. The molecule has 1 aliphatic rings. The maximum atomic E-state index is 10.8. The lowest BCUT2D eigenvalue weighted by molar-refractivity contribution is -0.169. The summed E-state index contributed by atoms with van der Waals surface area (Å²) in [7, 11) is 0. The standard InChI is InChI=1S/C6H12N2O3/c9-6(7-10)5-3-1-2-4-8(5)11/h5,10-11H,1-4H2,(H,7,9). The number of hydroxylamine groups is 3. The molecule has 11 heavy (non-hydrogen) atoms. The molecule has 5 heteroatoms. The Kier molecular flexibility index (Phi) is 2.81. The molecule has 1 unspecified atom stereocenters. The lowest BCUT2D eigenvalue weighted by Gasteiger charge is -2.28. The number of hydrogen-bond acceptors (Lipinski definition) is 4. The molecule has 0 aromatic carbocycles. The SMILES string of the molecule is O=C(NO)C1CCCCN1O. The van der Waals surface area contributed by atoms with Crippen LogP contribution in [0.4, 0.5) is 0 Å². The summed E-state index contributed by atoms with van der Waals surface area (Å²) in [5.41, 5.74) is 1.52. The molecule has 0 saturated carbocycles. The van der Waals surface area contributed by atoms with Crippen molar-refractivity contribution in [3.05, 3.63) is 0 Å². The highest BCUT2D eigenvalue weighted by Crippen LogP contribution is 2.14. The van der Waals surface area contributed by atoms with Crippen LogP contribution >= 0.6 is 0 Å². The van der Waals surface area contributed by atoms with Crippen LogP contribution < -0.4 is 5.48 Å². The molecule has 0 aromatic rings. The summed E-state index contributed by atoms with van der Waals surface area (Å²) in [6.45, 7) is 0.498. The fourth-order valence-corrected chi connectivity index (χ4v) is 1.26. The normalized spacial score (nSPS) is 26.5. The molecule has 3 N–H and O–H groups in total. The van der Waals surface area contributed by atoms with E-state index < -0.39 is 11.9 Å². The largest absolute Gasteiger partial charge is 0.313 e. The molecule has 1 fully saturated rings. The van der Waals surface area contributed by atoms with E-state index in [2.05, 4.69) is 0 Å². The summed E-state index contributed by atoms with van der Waals surface area (Å²) in [4.78, 5) is 10.8. The van der Waals surface area contributed by atoms with Gasteiger partial charge in [-0.3, -0.25) is 10.0 Å². The Bertz CT molecular complexity index is 151. The average Bonchev–Trinajstić information content (AvgIpc) is 2.04. The van der Waals surface area contributed by atoms with Crippen LogP contribution in [-0.4, -0.2) is 34.0 Å². The molecule has 1 rings (SSSR count). The van der Waals surface area contributed by atoms with Gasteiger partial charge in [0.2, 0.25) is 0 Å². The van der Waals surface area contributed by atoms with E-state index in [1.54, 1.807) is 0 Å². The summed E-state index contributed by atoms with van der Waals surface area (Å²) < 4.78 is 0. The molecule has 0 bridgehead atoms. The van der Waals surface area contributed by atoms with Crippen molar-refractivity contribution in [2.45, 2.75) is 25.3 Å². The Morgan fingerprint density at radius 3 is 2.82 bits per heavy atom. The Balaban J connectivity index is 2.47. The average molecular weight is 160 g/mol.